The lowest BCUT2D eigenvalue weighted by Gasteiger charge is -2.08. The SMILES string of the molecule is CCc1cc2c(C(=O)Nc3cccc(C(=O)O)c3)ccc(OC)c2o1. The molecule has 6 heteroatoms. The molecule has 0 aliphatic rings. The number of anilines is 1. The van der Waals surface area contributed by atoms with Gasteiger partial charge >= 0.3 is 5.97 Å². The van der Waals surface area contributed by atoms with Crippen molar-refractivity contribution >= 4 is 28.5 Å². The zero-order chi connectivity index (χ0) is 18.0. The first kappa shape index (κ1) is 16.6. The number of carbonyl (C=O) groups excluding carboxylic acids is 1. The molecule has 0 unspecified atom stereocenters. The highest BCUT2D eigenvalue weighted by molar-refractivity contribution is 6.13. The molecule has 0 aliphatic carbocycles. The molecule has 0 fully saturated rings. The Bertz CT molecular complexity index is 958. The summed E-state index contributed by atoms with van der Waals surface area (Å²) in [6, 6.07) is 11.2. The maximum absolute atomic E-state index is 12.7. The fourth-order valence-electron chi connectivity index (χ4n) is 2.61. The van der Waals surface area contributed by atoms with Crippen LogP contribution in [0.2, 0.25) is 0 Å². The summed E-state index contributed by atoms with van der Waals surface area (Å²) in [5, 5.41) is 12.4. The minimum atomic E-state index is -1.05. The summed E-state index contributed by atoms with van der Waals surface area (Å²) in [7, 11) is 1.54. The number of nitrogens with one attached hydrogen (secondary N) is 1. The van der Waals surface area contributed by atoms with E-state index in [1.54, 1.807) is 31.4 Å². The monoisotopic (exact) mass is 339 g/mol. The highest BCUT2D eigenvalue weighted by atomic mass is 16.5. The van der Waals surface area contributed by atoms with E-state index < -0.39 is 5.97 Å². The number of benzene rings is 2. The Hall–Kier alpha value is -3.28. The summed E-state index contributed by atoms with van der Waals surface area (Å²) in [5.74, 6) is -0.0930. The highest BCUT2D eigenvalue weighted by Gasteiger charge is 2.17. The van der Waals surface area contributed by atoms with Crippen molar-refractivity contribution in [1.82, 2.24) is 0 Å². The minimum absolute atomic E-state index is 0.106. The van der Waals surface area contributed by atoms with Gasteiger partial charge in [0.25, 0.3) is 5.91 Å². The molecule has 0 saturated carbocycles. The van der Waals surface area contributed by atoms with Gasteiger partial charge in [0, 0.05) is 17.5 Å². The molecule has 0 atom stereocenters. The van der Waals surface area contributed by atoms with Crippen LogP contribution in [0.1, 0.15) is 33.4 Å². The van der Waals surface area contributed by atoms with Crippen molar-refractivity contribution in [1.29, 1.82) is 0 Å². The van der Waals surface area contributed by atoms with Gasteiger partial charge in [-0.15, -0.1) is 0 Å². The van der Waals surface area contributed by atoms with Gasteiger partial charge in [-0.2, -0.15) is 0 Å². The first-order chi connectivity index (χ1) is 12.0. The van der Waals surface area contributed by atoms with E-state index in [-0.39, 0.29) is 11.5 Å². The third-order valence-corrected chi connectivity index (χ3v) is 3.88. The molecule has 0 saturated heterocycles. The Morgan fingerprint density at radius 3 is 2.68 bits per heavy atom. The van der Waals surface area contributed by atoms with E-state index in [1.807, 2.05) is 13.0 Å². The number of aryl methyl sites for hydroxylation is 1. The maximum atomic E-state index is 12.7. The number of carboxylic acids is 1. The number of aromatic carboxylic acids is 1. The Morgan fingerprint density at radius 2 is 2.00 bits per heavy atom. The van der Waals surface area contributed by atoms with Gasteiger partial charge in [0.1, 0.15) is 5.76 Å². The third-order valence-electron chi connectivity index (χ3n) is 3.88. The lowest BCUT2D eigenvalue weighted by molar-refractivity contribution is 0.0696. The van der Waals surface area contributed by atoms with Crippen molar-refractivity contribution in [3.8, 4) is 5.75 Å². The number of furan rings is 1. The Labute approximate surface area is 144 Å². The van der Waals surface area contributed by atoms with Crippen LogP contribution in [0.25, 0.3) is 11.0 Å². The topological polar surface area (TPSA) is 88.8 Å². The number of fused-ring (bicyclic) bond motifs is 1. The predicted molar refractivity (Wildman–Crippen MR) is 93.5 cm³/mol. The first-order valence-electron chi connectivity index (χ1n) is 7.77. The summed E-state index contributed by atoms with van der Waals surface area (Å²) >= 11 is 0. The number of rotatable bonds is 5. The van der Waals surface area contributed by atoms with Crippen molar-refractivity contribution < 1.29 is 23.8 Å². The van der Waals surface area contributed by atoms with Crippen LogP contribution in [0.4, 0.5) is 5.69 Å². The van der Waals surface area contributed by atoms with E-state index >= 15 is 0 Å². The predicted octanol–water partition coefficient (Wildman–Crippen LogP) is 3.95. The smallest absolute Gasteiger partial charge is 0.335 e. The van der Waals surface area contributed by atoms with Gasteiger partial charge in [-0.1, -0.05) is 13.0 Å². The summed E-state index contributed by atoms with van der Waals surface area (Å²) in [6.07, 6.45) is 0.694. The number of hydrogen-bond donors (Lipinski definition) is 2. The largest absolute Gasteiger partial charge is 0.493 e. The van der Waals surface area contributed by atoms with Gasteiger partial charge in [-0.05, 0) is 36.4 Å². The minimum Gasteiger partial charge on any atom is -0.493 e. The second-order valence-electron chi connectivity index (χ2n) is 5.46. The molecule has 1 aromatic heterocycles. The average Bonchev–Trinajstić information content (AvgIpc) is 3.05. The van der Waals surface area contributed by atoms with Gasteiger partial charge in [-0.3, -0.25) is 4.79 Å². The zero-order valence-corrected chi connectivity index (χ0v) is 13.8. The number of ether oxygens (including phenoxy) is 1. The second-order valence-corrected chi connectivity index (χ2v) is 5.46. The molecule has 3 aromatic rings. The van der Waals surface area contributed by atoms with E-state index in [4.69, 9.17) is 14.3 Å². The van der Waals surface area contributed by atoms with E-state index in [1.165, 1.54) is 12.1 Å². The summed E-state index contributed by atoms with van der Waals surface area (Å²) in [5.41, 5.74) is 1.47. The quantitative estimate of drug-likeness (QED) is 0.734. The van der Waals surface area contributed by atoms with Crippen LogP contribution >= 0.6 is 0 Å². The van der Waals surface area contributed by atoms with Gasteiger partial charge in [0.2, 0.25) is 0 Å². The van der Waals surface area contributed by atoms with Crippen molar-refractivity contribution in [2.24, 2.45) is 0 Å². The molecule has 25 heavy (non-hydrogen) atoms. The molecule has 0 aliphatic heterocycles. The van der Waals surface area contributed by atoms with Gasteiger partial charge in [-0.25, -0.2) is 4.79 Å². The van der Waals surface area contributed by atoms with E-state index in [9.17, 15) is 9.59 Å². The van der Waals surface area contributed by atoms with E-state index in [0.717, 1.165) is 5.76 Å². The number of carbonyl (C=O) groups is 2. The Kier molecular flexibility index (Phi) is 4.43. The van der Waals surface area contributed by atoms with Gasteiger partial charge < -0.3 is 19.6 Å². The molecule has 0 bridgehead atoms. The molecule has 2 N–H and O–H groups in total. The van der Waals surface area contributed by atoms with E-state index in [0.29, 0.717) is 34.4 Å². The van der Waals surface area contributed by atoms with E-state index in [2.05, 4.69) is 5.32 Å². The maximum Gasteiger partial charge on any atom is 0.335 e. The van der Waals surface area contributed by atoms with Crippen molar-refractivity contribution in [3.05, 3.63) is 59.4 Å². The summed E-state index contributed by atoms with van der Waals surface area (Å²) in [4.78, 5) is 23.7. The molecule has 0 spiro atoms. The first-order valence-corrected chi connectivity index (χ1v) is 7.77. The Balaban J connectivity index is 1.98. The van der Waals surface area contributed by atoms with Gasteiger partial charge in [0.15, 0.2) is 11.3 Å². The molecular formula is C19H17NO5. The fourth-order valence-corrected chi connectivity index (χ4v) is 2.61. The zero-order valence-electron chi connectivity index (χ0n) is 13.8. The van der Waals surface area contributed by atoms with Crippen LogP contribution in [-0.2, 0) is 6.42 Å². The molecule has 3 rings (SSSR count). The fraction of sp³-hybridized carbons (Fsp3) is 0.158. The Morgan fingerprint density at radius 1 is 1.20 bits per heavy atom. The molecule has 1 amide bonds. The van der Waals surface area contributed by atoms with Crippen LogP contribution < -0.4 is 10.1 Å². The average molecular weight is 339 g/mol. The van der Waals surface area contributed by atoms with Crippen LogP contribution in [0.15, 0.2) is 46.9 Å². The van der Waals surface area contributed by atoms with Crippen LogP contribution in [0, 0.1) is 0 Å². The summed E-state index contributed by atoms with van der Waals surface area (Å²) < 4.78 is 11.0. The third kappa shape index (κ3) is 3.19. The molecule has 1 heterocycles. The lowest BCUT2D eigenvalue weighted by atomic mass is 10.1. The normalized spacial score (nSPS) is 10.6. The number of methoxy groups -OCH3 is 1. The van der Waals surface area contributed by atoms with Crippen LogP contribution in [0.5, 0.6) is 5.75 Å². The molecule has 128 valence electrons. The van der Waals surface area contributed by atoms with Crippen molar-refractivity contribution in [3.63, 3.8) is 0 Å². The molecular weight excluding hydrogens is 322 g/mol. The number of carboxylic acid groups (broad SMARTS) is 1. The number of hydrogen-bond acceptors (Lipinski definition) is 4. The highest BCUT2D eigenvalue weighted by Crippen LogP contribution is 2.32. The molecule has 6 nitrogen and oxygen atoms in total. The standard InChI is InChI=1S/C19H17NO5/c1-3-13-10-15-14(7-8-16(24-2)17(15)25-13)18(21)20-12-6-4-5-11(9-12)19(22)23/h4-10H,3H2,1-2H3,(H,20,21)(H,22,23). The van der Waals surface area contributed by atoms with Crippen LogP contribution in [-0.4, -0.2) is 24.1 Å². The molecule has 2 aromatic carbocycles. The molecule has 0 radical (unpaired) electrons. The lowest BCUT2D eigenvalue weighted by Crippen LogP contribution is -2.12. The second kappa shape index (κ2) is 6.68. The van der Waals surface area contributed by atoms with Crippen molar-refractivity contribution in [2.45, 2.75) is 13.3 Å². The summed E-state index contributed by atoms with van der Waals surface area (Å²) in [6.45, 7) is 1.96. The van der Waals surface area contributed by atoms with Crippen LogP contribution in [0.3, 0.4) is 0 Å². The number of amides is 1. The van der Waals surface area contributed by atoms with Gasteiger partial charge in [0.05, 0.1) is 18.2 Å². The van der Waals surface area contributed by atoms with Crippen molar-refractivity contribution in [2.75, 3.05) is 12.4 Å².